The molecule has 0 radical (unpaired) electrons. The molecule has 0 aromatic carbocycles. The molecule has 3 unspecified atom stereocenters. The number of rotatable bonds is 6. The van der Waals surface area contributed by atoms with Gasteiger partial charge in [-0.3, -0.25) is 0 Å². The normalized spacial score (nSPS) is 15.0. The second kappa shape index (κ2) is 7.32. The Hall–Kier alpha value is -2.28. The molecule has 0 saturated heterocycles. The van der Waals surface area contributed by atoms with Gasteiger partial charge in [-0.1, -0.05) is 5.16 Å². The van der Waals surface area contributed by atoms with Gasteiger partial charge in [0.15, 0.2) is 0 Å². The fourth-order valence-corrected chi connectivity index (χ4v) is 2.63. The predicted molar refractivity (Wildman–Crippen MR) is 83.8 cm³/mol. The summed E-state index contributed by atoms with van der Waals surface area (Å²) in [7, 11) is 0. The highest BCUT2D eigenvalue weighted by molar-refractivity contribution is 5.74. The summed E-state index contributed by atoms with van der Waals surface area (Å²) in [4.78, 5) is 12.1. The van der Waals surface area contributed by atoms with Crippen LogP contribution in [0.4, 0.5) is 4.79 Å². The molecule has 0 fully saturated rings. The Bertz CT molecular complexity index is 616. The van der Waals surface area contributed by atoms with Crippen molar-refractivity contribution in [3.8, 4) is 0 Å². The van der Waals surface area contributed by atoms with E-state index in [1.807, 2.05) is 27.7 Å². The van der Waals surface area contributed by atoms with Crippen molar-refractivity contribution in [2.45, 2.75) is 52.3 Å². The van der Waals surface area contributed by atoms with Gasteiger partial charge in [0.05, 0.1) is 18.0 Å². The predicted octanol–water partition coefficient (Wildman–Crippen LogP) is 2.76. The lowest BCUT2D eigenvalue weighted by Gasteiger charge is -2.19. The molecule has 0 bridgehead atoms. The second-order valence-electron chi connectivity index (χ2n) is 5.75. The van der Waals surface area contributed by atoms with Crippen molar-refractivity contribution in [3.63, 3.8) is 0 Å². The second-order valence-corrected chi connectivity index (χ2v) is 5.75. The van der Waals surface area contributed by atoms with Crippen LogP contribution in [-0.2, 0) is 0 Å². The zero-order valence-corrected chi connectivity index (χ0v) is 13.8. The molecule has 0 aliphatic rings. The van der Waals surface area contributed by atoms with Crippen LogP contribution in [0.3, 0.4) is 0 Å². The molecule has 126 valence electrons. The summed E-state index contributed by atoms with van der Waals surface area (Å²) in [6.45, 7) is 7.35. The molecule has 2 aromatic heterocycles. The Morgan fingerprint density at radius 1 is 1.35 bits per heavy atom. The van der Waals surface area contributed by atoms with Crippen LogP contribution < -0.4 is 10.6 Å². The number of aliphatic hydroxyl groups is 1. The molecule has 0 saturated carbocycles. The van der Waals surface area contributed by atoms with Gasteiger partial charge in [0.2, 0.25) is 0 Å². The molecule has 23 heavy (non-hydrogen) atoms. The molecule has 7 heteroatoms. The van der Waals surface area contributed by atoms with Crippen molar-refractivity contribution in [2.24, 2.45) is 0 Å². The monoisotopic (exact) mass is 321 g/mol. The van der Waals surface area contributed by atoms with Crippen molar-refractivity contribution >= 4 is 6.03 Å². The van der Waals surface area contributed by atoms with Gasteiger partial charge in [0.25, 0.3) is 0 Å². The van der Waals surface area contributed by atoms with Crippen LogP contribution in [0.5, 0.6) is 0 Å². The Morgan fingerprint density at radius 3 is 2.65 bits per heavy atom. The average molecular weight is 321 g/mol. The van der Waals surface area contributed by atoms with Crippen LogP contribution in [0.1, 0.15) is 55.2 Å². The van der Waals surface area contributed by atoms with Gasteiger partial charge < -0.3 is 24.7 Å². The molecule has 3 atom stereocenters. The van der Waals surface area contributed by atoms with Crippen molar-refractivity contribution in [1.29, 1.82) is 0 Å². The fourth-order valence-electron chi connectivity index (χ4n) is 2.63. The standard InChI is InChI=1S/C16H23N3O4/c1-9(8-13(20)14-6-5-7-22-14)17-16(21)18-10(2)15-11(3)19-23-12(15)4/h5-7,9-10,13,20H,8H2,1-4H3,(H2,17,18,21). The molecule has 2 heterocycles. The summed E-state index contributed by atoms with van der Waals surface area (Å²) < 4.78 is 10.3. The topological polar surface area (TPSA) is 101 Å². The largest absolute Gasteiger partial charge is 0.467 e. The molecule has 0 aliphatic carbocycles. The lowest BCUT2D eigenvalue weighted by atomic mass is 10.1. The van der Waals surface area contributed by atoms with Crippen LogP contribution in [-0.4, -0.2) is 22.3 Å². The van der Waals surface area contributed by atoms with Gasteiger partial charge in [-0.25, -0.2) is 4.79 Å². The van der Waals surface area contributed by atoms with Crippen molar-refractivity contribution in [1.82, 2.24) is 15.8 Å². The van der Waals surface area contributed by atoms with E-state index in [2.05, 4.69) is 15.8 Å². The highest BCUT2D eigenvalue weighted by Crippen LogP contribution is 2.21. The van der Waals surface area contributed by atoms with E-state index in [-0.39, 0.29) is 18.1 Å². The average Bonchev–Trinajstić information content (AvgIpc) is 3.08. The minimum atomic E-state index is -0.750. The maximum Gasteiger partial charge on any atom is 0.315 e. The van der Waals surface area contributed by atoms with Crippen molar-refractivity contribution in [2.75, 3.05) is 0 Å². The third kappa shape index (κ3) is 4.35. The quantitative estimate of drug-likeness (QED) is 0.759. The SMILES string of the molecule is Cc1noc(C)c1C(C)NC(=O)NC(C)CC(O)c1ccco1. The number of aromatic nitrogens is 1. The summed E-state index contributed by atoms with van der Waals surface area (Å²) in [5.41, 5.74) is 1.64. The third-order valence-electron chi connectivity index (χ3n) is 3.70. The van der Waals surface area contributed by atoms with Crippen molar-refractivity contribution < 1.29 is 18.8 Å². The fraction of sp³-hybridized carbons (Fsp3) is 0.500. The van der Waals surface area contributed by atoms with E-state index >= 15 is 0 Å². The molecule has 0 aliphatic heterocycles. The first kappa shape index (κ1) is 17.1. The van der Waals surface area contributed by atoms with Gasteiger partial charge in [-0.2, -0.15) is 0 Å². The number of carbonyl (C=O) groups excluding carboxylic acids is 1. The smallest absolute Gasteiger partial charge is 0.315 e. The van der Waals surface area contributed by atoms with Crippen LogP contribution in [0.2, 0.25) is 0 Å². The maximum absolute atomic E-state index is 12.1. The maximum atomic E-state index is 12.1. The highest BCUT2D eigenvalue weighted by Gasteiger charge is 2.20. The Balaban J connectivity index is 1.84. The Kier molecular flexibility index (Phi) is 5.44. The van der Waals surface area contributed by atoms with Crippen LogP contribution in [0.25, 0.3) is 0 Å². The number of hydrogen-bond acceptors (Lipinski definition) is 5. The Labute approximate surface area is 135 Å². The van der Waals surface area contributed by atoms with Gasteiger partial charge in [-0.05, 0) is 39.8 Å². The van der Waals surface area contributed by atoms with Gasteiger partial charge >= 0.3 is 6.03 Å². The van der Waals surface area contributed by atoms with Gasteiger partial charge in [0, 0.05) is 18.0 Å². The summed E-state index contributed by atoms with van der Waals surface area (Å²) in [5, 5.41) is 19.5. The summed E-state index contributed by atoms with van der Waals surface area (Å²) >= 11 is 0. The number of furan rings is 1. The van der Waals surface area contributed by atoms with Crippen LogP contribution in [0, 0.1) is 13.8 Å². The highest BCUT2D eigenvalue weighted by atomic mass is 16.5. The number of nitrogens with zero attached hydrogens (tertiary/aromatic N) is 1. The molecule has 2 amide bonds. The van der Waals surface area contributed by atoms with Crippen LogP contribution in [0.15, 0.2) is 27.3 Å². The first-order valence-electron chi connectivity index (χ1n) is 7.59. The number of urea groups is 1. The molecule has 2 rings (SSSR count). The zero-order chi connectivity index (χ0) is 17.0. The first-order valence-corrected chi connectivity index (χ1v) is 7.59. The number of amides is 2. The number of nitrogens with one attached hydrogen (secondary N) is 2. The molecular formula is C16H23N3O4. The van der Waals surface area contributed by atoms with E-state index in [4.69, 9.17) is 8.94 Å². The summed E-state index contributed by atoms with van der Waals surface area (Å²) in [5.74, 6) is 1.18. The van der Waals surface area contributed by atoms with Crippen molar-refractivity contribution in [3.05, 3.63) is 41.2 Å². The third-order valence-corrected chi connectivity index (χ3v) is 3.70. The number of aliphatic hydroxyl groups excluding tert-OH is 1. The van der Waals surface area contributed by atoms with Crippen LogP contribution >= 0.6 is 0 Å². The number of hydrogen-bond donors (Lipinski definition) is 3. The Morgan fingerprint density at radius 2 is 2.09 bits per heavy atom. The molecule has 2 aromatic rings. The number of carbonyl (C=O) groups is 1. The lowest BCUT2D eigenvalue weighted by molar-refractivity contribution is 0.129. The zero-order valence-electron chi connectivity index (χ0n) is 13.8. The summed E-state index contributed by atoms with van der Waals surface area (Å²) in [6, 6.07) is 2.68. The van der Waals surface area contributed by atoms with E-state index in [0.717, 1.165) is 11.3 Å². The molecular weight excluding hydrogens is 298 g/mol. The van der Waals surface area contributed by atoms with Gasteiger partial charge in [-0.15, -0.1) is 0 Å². The first-order chi connectivity index (χ1) is 10.9. The summed E-state index contributed by atoms with van der Waals surface area (Å²) in [6.07, 6.45) is 1.12. The molecule has 0 spiro atoms. The molecule has 7 nitrogen and oxygen atoms in total. The number of aryl methyl sites for hydroxylation is 2. The lowest BCUT2D eigenvalue weighted by Crippen LogP contribution is -2.42. The van der Waals surface area contributed by atoms with E-state index in [1.54, 1.807) is 12.1 Å². The van der Waals surface area contributed by atoms with E-state index in [0.29, 0.717) is 17.9 Å². The van der Waals surface area contributed by atoms with Gasteiger partial charge in [0.1, 0.15) is 17.6 Å². The van der Waals surface area contributed by atoms with E-state index in [1.165, 1.54) is 6.26 Å². The van der Waals surface area contributed by atoms with E-state index in [9.17, 15) is 9.90 Å². The minimum absolute atomic E-state index is 0.216. The molecule has 3 N–H and O–H groups in total. The minimum Gasteiger partial charge on any atom is -0.467 e. The van der Waals surface area contributed by atoms with E-state index < -0.39 is 6.10 Å².